The number of esters is 2. The highest BCUT2D eigenvalue weighted by atomic mass is 32.2. The molecule has 1 unspecified atom stereocenters. The van der Waals surface area contributed by atoms with Crippen molar-refractivity contribution >= 4 is 22.1 Å². The van der Waals surface area contributed by atoms with Crippen LogP contribution in [0.25, 0.3) is 0 Å². The van der Waals surface area contributed by atoms with Gasteiger partial charge in [-0.2, -0.15) is 8.42 Å². The van der Waals surface area contributed by atoms with Crippen molar-refractivity contribution in [1.82, 2.24) is 0 Å². The third-order valence-electron chi connectivity index (χ3n) is 2.04. The van der Waals surface area contributed by atoms with Crippen molar-refractivity contribution in [2.24, 2.45) is 5.92 Å². The van der Waals surface area contributed by atoms with E-state index in [0.29, 0.717) is 0 Å². The number of ether oxygens (including phenoxy) is 2. The average Bonchev–Trinajstić information content (AvgIpc) is 2.59. The topological polar surface area (TPSA) is 147 Å². The Bertz CT molecular complexity index is 423. The predicted molar refractivity (Wildman–Crippen MR) is 48.7 cm³/mol. The largest absolute Gasteiger partial charge is 0.465 e. The van der Waals surface area contributed by atoms with Crippen molar-refractivity contribution in [2.45, 2.75) is 11.5 Å². The molecule has 98 valence electrons. The minimum Gasteiger partial charge on any atom is -0.465 e. The maximum absolute atomic E-state index is 11.2. The molecule has 17 heavy (non-hydrogen) atoms. The second kappa shape index (κ2) is 4.56. The van der Waals surface area contributed by atoms with E-state index in [2.05, 4.69) is 9.47 Å². The molecule has 1 aliphatic rings. The van der Waals surface area contributed by atoms with E-state index in [4.69, 9.17) is 14.8 Å². The third-order valence-corrected chi connectivity index (χ3v) is 2.98. The van der Waals surface area contributed by atoms with Crippen molar-refractivity contribution in [1.29, 1.82) is 0 Å². The maximum atomic E-state index is 11.2. The summed E-state index contributed by atoms with van der Waals surface area (Å²) in [6.45, 7) is -1.38. The molecule has 1 heterocycles. The molecule has 1 saturated heterocycles. The molecule has 9 nitrogen and oxygen atoms in total. The second-order valence-electron chi connectivity index (χ2n) is 3.33. The standard InChI is InChI=1S/C7H10O9S/c8-5-4(1-2-15-5)6(9)16-3-7(10,11)17(12,13)14/h4,10-11H,1-3H2,(H,12,13,14). The van der Waals surface area contributed by atoms with Crippen molar-refractivity contribution in [3.8, 4) is 0 Å². The van der Waals surface area contributed by atoms with Crippen LogP contribution in [0.2, 0.25) is 0 Å². The maximum Gasteiger partial charge on any atom is 0.330 e. The molecule has 1 fully saturated rings. The number of carbonyl (C=O) groups is 2. The summed E-state index contributed by atoms with van der Waals surface area (Å²) in [6, 6.07) is 0. The van der Waals surface area contributed by atoms with Gasteiger partial charge in [-0.05, 0) is 0 Å². The van der Waals surface area contributed by atoms with Gasteiger partial charge in [-0.15, -0.1) is 0 Å². The Morgan fingerprint density at radius 2 is 2.12 bits per heavy atom. The quantitative estimate of drug-likeness (QED) is 0.220. The lowest BCUT2D eigenvalue weighted by Crippen LogP contribution is -2.44. The van der Waals surface area contributed by atoms with Crippen LogP contribution in [0.1, 0.15) is 6.42 Å². The van der Waals surface area contributed by atoms with Crippen LogP contribution in [0.5, 0.6) is 0 Å². The van der Waals surface area contributed by atoms with Gasteiger partial charge in [-0.25, -0.2) is 0 Å². The third kappa shape index (κ3) is 3.12. The zero-order valence-corrected chi connectivity index (χ0v) is 9.21. The Balaban J connectivity index is 2.57. The van der Waals surface area contributed by atoms with Crippen molar-refractivity contribution in [2.75, 3.05) is 13.2 Å². The van der Waals surface area contributed by atoms with Crippen molar-refractivity contribution in [3.63, 3.8) is 0 Å². The van der Waals surface area contributed by atoms with Crippen LogP contribution in [-0.2, 0) is 29.2 Å². The first-order chi connectivity index (χ1) is 7.65. The summed E-state index contributed by atoms with van der Waals surface area (Å²) in [4.78, 5) is 22.1. The van der Waals surface area contributed by atoms with Gasteiger partial charge in [0, 0.05) is 6.42 Å². The summed E-state index contributed by atoms with van der Waals surface area (Å²) in [5.74, 6) is -3.20. The van der Waals surface area contributed by atoms with Gasteiger partial charge in [0.05, 0.1) is 6.61 Å². The van der Waals surface area contributed by atoms with E-state index >= 15 is 0 Å². The van der Waals surface area contributed by atoms with Crippen LogP contribution in [-0.4, -0.2) is 53.5 Å². The SMILES string of the molecule is O=C1OCCC1C(=O)OCC(O)(O)S(=O)(=O)O. The lowest BCUT2D eigenvalue weighted by atomic mass is 10.1. The smallest absolute Gasteiger partial charge is 0.330 e. The molecular formula is C7H10O9S. The van der Waals surface area contributed by atoms with Crippen LogP contribution in [0.15, 0.2) is 0 Å². The van der Waals surface area contributed by atoms with Gasteiger partial charge in [0.2, 0.25) is 0 Å². The molecule has 0 aromatic rings. The van der Waals surface area contributed by atoms with Crippen LogP contribution < -0.4 is 0 Å². The van der Waals surface area contributed by atoms with E-state index in [1.807, 2.05) is 0 Å². The highest BCUT2D eigenvalue weighted by molar-refractivity contribution is 7.86. The summed E-state index contributed by atoms with van der Waals surface area (Å²) in [7, 11) is -5.22. The van der Waals surface area contributed by atoms with Gasteiger partial charge in [0.15, 0.2) is 12.5 Å². The highest BCUT2D eigenvalue weighted by Crippen LogP contribution is 2.17. The molecule has 0 aromatic carbocycles. The van der Waals surface area contributed by atoms with Gasteiger partial charge in [-0.1, -0.05) is 0 Å². The lowest BCUT2D eigenvalue weighted by molar-refractivity contribution is -0.173. The number of cyclic esters (lactones) is 1. The summed E-state index contributed by atoms with van der Waals surface area (Å²) in [5.41, 5.74) is 0. The summed E-state index contributed by atoms with van der Waals surface area (Å²) < 4.78 is 37.9. The molecule has 0 bridgehead atoms. The van der Waals surface area contributed by atoms with E-state index in [0.717, 1.165) is 0 Å². The first kappa shape index (κ1) is 13.8. The molecule has 1 aliphatic heterocycles. The zero-order valence-electron chi connectivity index (χ0n) is 8.40. The number of aliphatic hydroxyl groups is 2. The Morgan fingerprint density at radius 1 is 1.53 bits per heavy atom. The second-order valence-corrected chi connectivity index (χ2v) is 4.94. The van der Waals surface area contributed by atoms with Gasteiger partial charge in [-0.3, -0.25) is 14.1 Å². The average molecular weight is 270 g/mol. The van der Waals surface area contributed by atoms with Gasteiger partial charge in [0.25, 0.3) is 0 Å². The van der Waals surface area contributed by atoms with Gasteiger partial charge < -0.3 is 19.7 Å². The Kier molecular flexibility index (Phi) is 3.71. The Labute approximate surface area is 95.7 Å². The molecule has 0 aromatic heterocycles. The lowest BCUT2D eigenvalue weighted by Gasteiger charge is -2.18. The number of hydrogen-bond acceptors (Lipinski definition) is 8. The molecule has 1 atom stereocenters. The normalized spacial score (nSPS) is 21.1. The number of hydrogen-bond donors (Lipinski definition) is 3. The monoisotopic (exact) mass is 270 g/mol. The summed E-state index contributed by atoms with van der Waals surface area (Å²) in [5, 5.41) is 14.1. The van der Waals surface area contributed by atoms with E-state index in [1.165, 1.54) is 0 Å². The molecule has 0 aliphatic carbocycles. The molecule has 0 radical (unpaired) electrons. The summed E-state index contributed by atoms with van der Waals surface area (Å²) >= 11 is 0. The van der Waals surface area contributed by atoms with E-state index < -0.39 is 39.7 Å². The molecule has 0 spiro atoms. The van der Waals surface area contributed by atoms with Gasteiger partial charge in [0.1, 0.15) is 0 Å². The fraction of sp³-hybridized carbons (Fsp3) is 0.714. The predicted octanol–water partition coefficient (Wildman–Crippen LogP) is -2.38. The fourth-order valence-corrected chi connectivity index (χ4v) is 1.26. The zero-order chi connectivity index (χ0) is 13.3. The van der Waals surface area contributed by atoms with Crippen LogP contribution >= 0.6 is 0 Å². The van der Waals surface area contributed by atoms with Gasteiger partial charge >= 0.3 is 27.2 Å². The molecule has 10 heteroatoms. The molecule has 0 amide bonds. The minimum absolute atomic E-state index is 0.0281. The highest BCUT2D eigenvalue weighted by Gasteiger charge is 2.42. The van der Waals surface area contributed by atoms with Crippen LogP contribution in [0.3, 0.4) is 0 Å². The molecular weight excluding hydrogens is 260 g/mol. The van der Waals surface area contributed by atoms with Crippen LogP contribution in [0.4, 0.5) is 0 Å². The van der Waals surface area contributed by atoms with Crippen LogP contribution in [0, 0.1) is 5.92 Å². The molecule has 1 rings (SSSR count). The Morgan fingerprint density at radius 3 is 2.53 bits per heavy atom. The molecule has 3 N–H and O–H groups in total. The van der Waals surface area contributed by atoms with E-state index in [-0.39, 0.29) is 13.0 Å². The number of carbonyl (C=O) groups excluding carboxylic acids is 2. The molecule has 0 saturated carbocycles. The first-order valence-corrected chi connectivity index (χ1v) is 5.84. The number of rotatable bonds is 4. The minimum atomic E-state index is -5.22. The van der Waals surface area contributed by atoms with E-state index in [1.54, 1.807) is 0 Å². The first-order valence-electron chi connectivity index (χ1n) is 4.40. The summed E-state index contributed by atoms with van der Waals surface area (Å²) in [6.07, 6.45) is 0.0629. The fourth-order valence-electron chi connectivity index (χ4n) is 1.05. The van der Waals surface area contributed by atoms with Crippen molar-refractivity contribution in [3.05, 3.63) is 0 Å². The van der Waals surface area contributed by atoms with Crippen molar-refractivity contribution < 1.29 is 42.2 Å². The Hall–Kier alpha value is -1.23. The van der Waals surface area contributed by atoms with E-state index in [9.17, 15) is 18.0 Å².